The SMILES string of the molecule is CCc1nc2ccc(-c3cc(C4CC4)cc(Nc4cc(C#N)ccn4)n3)cc2n1C1CCC(O)CC1.CS(=O)(=O)O. The van der Waals surface area contributed by atoms with Crippen LogP contribution in [0.15, 0.2) is 48.7 Å². The highest BCUT2D eigenvalue weighted by molar-refractivity contribution is 7.85. The summed E-state index contributed by atoms with van der Waals surface area (Å²) in [5, 5.41) is 22.6. The smallest absolute Gasteiger partial charge is 0.261 e. The molecule has 11 heteroatoms. The first kappa shape index (κ1) is 28.7. The second kappa shape index (κ2) is 11.9. The summed E-state index contributed by atoms with van der Waals surface area (Å²) in [5.41, 5.74) is 5.98. The van der Waals surface area contributed by atoms with E-state index in [4.69, 9.17) is 14.5 Å². The van der Waals surface area contributed by atoms with Gasteiger partial charge in [0.2, 0.25) is 0 Å². The minimum absolute atomic E-state index is 0.180. The molecule has 0 radical (unpaired) electrons. The number of aliphatic hydroxyl groups excluding tert-OH is 1. The summed E-state index contributed by atoms with van der Waals surface area (Å²) in [4.78, 5) is 14.3. The van der Waals surface area contributed by atoms with E-state index in [1.807, 2.05) is 0 Å². The molecule has 3 heterocycles. The number of aromatic nitrogens is 4. The quantitative estimate of drug-likeness (QED) is 0.252. The normalized spacial score (nSPS) is 18.8. The van der Waals surface area contributed by atoms with Crippen LogP contribution >= 0.6 is 0 Å². The van der Waals surface area contributed by atoms with Gasteiger partial charge in [-0.25, -0.2) is 15.0 Å². The molecule has 3 aromatic heterocycles. The predicted molar refractivity (Wildman–Crippen MR) is 158 cm³/mol. The van der Waals surface area contributed by atoms with Gasteiger partial charge >= 0.3 is 0 Å². The molecule has 10 nitrogen and oxygen atoms in total. The molecule has 0 bridgehead atoms. The monoisotopic (exact) mass is 574 g/mol. The predicted octanol–water partition coefficient (Wildman–Crippen LogP) is 5.53. The fraction of sp³-hybridized carbons (Fsp3) is 0.400. The van der Waals surface area contributed by atoms with Crippen LogP contribution in [0.4, 0.5) is 11.6 Å². The number of imidazole rings is 1. The third-order valence-corrected chi connectivity index (χ3v) is 7.45. The topological polar surface area (TPSA) is 154 Å². The number of aliphatic hydroxyl groups is 1. The number of hydrogen-bond acceptors (Lipinski definition) is 8. The minimum Gasteiger partial charge on any atom is -0.393 e. The average Bonchev–Trinajstić information content (AvgIpc) is 3.73. The van der Waals surface area contributed by atoms with Crippen molar-refractivity contribution in [2.24, 2.45) is 0 Å². The summed E-state index contributed by atoms with van der Waals surface area (Å²) in [5.74, 6) is 3.02. The Labute approximate surface area is 239 Å². The van der Waals surface area contributed by atoms with E-state index in [2.05, 4.69) is 58.2 Å². The van der Waals surface area contributed by atoms with Crippen molar-refractivity contribution < 1.29 is 18.1 Å². The highest BCUT2D eigenvalue weighted by atomic mass is 32.2. The Balaban J connectivity index is 0.000000623. The molecule has 0 amide bonds. The van der Waals surface area contributed by atoms with Crippen molar-refractivity contribution in [3.63, 3.8) is 0 Å². The maximum atomic E-state index is 10.0. The molecule has 6 rings (SSSR count). The average molecular weight is 575 g/mol. The largest absolute Gasteiger partial charge is 0.393 e. The molecule has 0 saturated heterocycles. The van der Waals surface area contributed by atoms with Crippen molar-refractivity contribution in [3.8, 4) is 17.3 Å². The van der Waals surface area contributed by atoms with Gasteiger partial charge < -0.3 is 15.0 Å². The zero-order chi connectivity index (χ0) is 29.1. The molecular formula is C30H34N6O4S. The fourth-order valence-corrected chi connectivity index (χ4v) is 5.39. The van der Waals surface area contributed by atoms with Crippen LogP contribution in [0, 0.1) is 11.3 Å². The second-order valence-electron chi connectivity index (χ2n) is 10.8. The molecule has 0 unspecified atom stereocenters. The highest BCUT2D eigenvalue weighted by Crippen LogP contribution is 2.42. The van der Waals surface area contributed by atoms with Gasteiger partial charge in [-0.3, -0.25) is 4.55 Å². The van der Waals surface area contributed by atoms with Crippen molar-refractivity contribution in [1.82, 2.24) is 19.5 Å². The molecule has 2 saturated carbocycles. The van der Waals surface area contributed by atoms with Crippen molar-refractivity contribution >= 4 is 32.8 Å². The van der Waals surface area contributed by atoms with Gasteiger partial charge in [-0.05, 0) is 86.4 Å². The fourth-order valence-electron chi connectivity index (χ4n) is 5.39. The summed E-state index contributed by atoms with van der Waals surface area (Å²) in [6.45, 7) is 2.16. The van der Waals surface area contributed by atoms with Crippen LogP contribution in [-0.4, -0.2) is 50.0 Å². The van der Waals surface area contributed by atoms with Crippen LogP contribution in [0.5, 0.6) is 0 Å². The number of rotatable bonds is 6. The van der Waals surface area contributed by atoms with Crippen molar-refractivity contribution in [2.75, 3.05) is 11.6 Å². The number of hydrogen-bond donors (Lipinski definition) is 3. The van der Waals surface area contributed by atoms with Gasteiger partial charge in [-0.15, -0.1) is 0 Å². The molecule has 0 atom stereocenters. The van der Waals surface area contributed by atoms with E-state index in [0.717, 1.165) is 66.0 Å². The van der Waals surface area contributed by atoms with E-state index in [1.165, 1.54) is 18.4 Å². The summed E-state index contributed by atoms with van der Waals surface area (Å²) in [6.07, 6.45) is 9.08. The lowest BCUT2D eigenvalue weighted by Gasteiger charge is -2.28. The Bertz CT molecular complexity index is 1690. The van der Waals surface area contributed by atoms with Gasteiger partial charge in [-0.1, -0.05) is 13.0 Å². The molecule has 0 spiro atoms. The molecule has 2 aliphatic carbocycles. The molecule has 4 aromatic rings. The molecule has 41 heavy (non-hydrogen) atoms. The number of nitriles is 1. The van der Waals surface area contributed by atoms with Crippen LogP contribution in [0.25, 0.3) is 22.3 Å². The first-order valence-electron chi connectivity index (χ1n) is 13.9. The zero-order valence-electron chi connectivity index (χ0n) is 23.2. The van der Waals surface area contributed by atoms with Gasteiger partial charge in [0.15, 0.2) is 0 Å². The van der Waals surface area contributed by atoms with Gasteiger partial charge in [0.05, 0.1) is 40.7 Å². The summed E-state index contributed by atoms with van der Waals surface area (Å²) >= 11 is 0. The lowest BCUT2D eigenvalue weighted by Crippen LogP contribution is -2.22. The van der Waals surface area contributed by atoms with Gasteiger partial charge in [-0.2, -0.15) is 13.7 Å². The van der Waals surface area contributed by atoms with Crippen LogP contribution in [-0.2, 0) is 16.5 Å². The van der Waals surface area contributed by atoms with E-state index in [-0.39, 0.29) is 6.10 Å². The summed E-state index contributed by atoms with van der Waals surface area (Å²) in [7, 11) is -3.67. The van der Waals surface area contributed by atoms with Crippen molar-refractivity contribution in [3.05, 3.63) is 65.6 Å². The highest BCUT2D eigenvalue weighted by Gasteiger charge is 2.26. The zero-order valence-corrected chi connectivity index (χ0v) is 24.0. The van der Waals surface area contributed by atoms with E-state index in [9.17, 15) is 18.8 Å². The molecule has 3 N–H and O–H groups in total. The molecule has 2 aliphatic rings. The van der Waals surface area contributed by atoms with E-state index < -0.39 is 10.1 Å². The van der Waals surface area contributed by atoms with E-state index in [1.54, 1.807) is 18.3 Å². The van der Waals surface area contributed by atoms with Gasteiger partial charge in [0, 0.05) is 24.2 Å². The van der Waals surface area contributed by atoms with Crippen LogP contribution in [0.1, 0.15) is 74.4 Å². The number of benzene rings is 1. The van der Waals surface area contributed by atoms with Crippen LogP contribution in [0.3, 0.4) is 0 Å². The Morgan fingerprint density at radius 2 is 1.76 bits per heavy atom. The Hall–Kier alpha value is -3.85. The number of fused-ring (bicyclic) bond motifs is 1. The van der Waals surface area contributed by atoms with Gasteiger partial charge in [0.1, 0.15) is 17.5 Å². The Kier molecular flexibility index (Phi) is 8.35. The number of aryl methyl sites for hydroxylation is 1. The lowest BCUT2D eigenvalue weighted by molar-refractivity contribution is 0.111. The molecular weight excluding hydrogens is 540 g/mol. The molecule has 2 fully saturated rings. The molecule has 214 valence electrons. The number of nitrogens with one attached hydrogen (secondary N) is 1. The Morgan fingerprint density at radius 3 is 2.41 bits per heavy atom. The molecule has 0 aliphatic heterocycles. The standard InChI is InChI=1S/C29H30N6O.CH4O3S/c1-2-29-33-24-10-5-20(15-26(24)35(29)22-6-8-23(36)9-7-22)25-14-21(19-3-4-19)16-28(32-25)34-27-13-18(17-30)11-12-31-27;1-5(2,3)4/h5,10-16,19,22-23,36H,2-4,6-9H2,1H3,(H,31,32,34);1H3,(H,2,3,4). The van der Waals surface area contributed by atoms with Crippen LogP contribution < -0.4 is 5.32 Å². The van der Waals surface area contributed by atoms with Gasteiger partial charge in [0.25, 0.3) is 10.1 Å². The Morgan fingerprint density at radius 1 is 1.02 bits per heavy atom. The van der Waals surface area contributed by atoms with E-state index in [0.29, 0.717) is 29.6 Å². The van der Waals surface area contributed by atoms with Crippen molar-refractivity contribution in [1.29, 1.82) is 5.26 Å². The summed E-state index contributed by atoms with van der Waals surface area (Å²) < 4.78 is 28.3. The second-order valence-corrected chi connectivity index (χ2v) is 12.2. The maximum Gasteiger partial charge on any atom is 0.261 e. The minimum atomic E-state index is -3.67. The number of pyridine rings is 2. The third kappa shape index (κ3) is 7.27. The van der Waals surface area contributed by atoms with Crippen molar-refractivity contribution in [2.45, 2.75) is 69.9 Å². The number of anilines is 2. The van der Waals surface area contributed by atoms with Crippen LogP contribution in [0.2, 0.25) is 0 Å². The first-order valence-corrected chi connectivity index (χ1v) is 15.7. The first-order chi connectivity index (χ1) is 19.6. The number of nitrogens with zero attached hydrogens (tertiary/aromatic N) is 5. The maximum absolute atomic E-state index is 10.0. The lowest BCUT2D eigenvalue weighted by atomic mass is 9.92. The van der Waals surface area contributed by atoms with E-state index >= 15 is 0 Å². The summed E-state index contributed by atoms with van der Waals surface area (Å²) in [6, 6.07) is 16.7. The molecule has 1 aromatic carbocycles. The third-order valence-electron chi connectivity index (χ3n) is 7.45.